The first-order valence-corrected chi connectivity index (χ1v) is 7.45. The van der Waals surface area contributed by atoms with Gasteiger partial charge in [0.15, 0.2) is 0 Å². The minimum Gasteiger partial charge on any atom is -0.313 e. The zero-order valence-corrected chi connectivity index (χ0v) is 12.3. The quantitative estimate of drug-likeness (QED) is 0.622. The van der Waals surface area contributed by atoms with Crippen LogP contribution in [-0.4, -0.2) is 24.5 Å². The first-order chi connectivity index (χ1) is 9.29. The average molecular weight is 258 g/mol. The van der Waals surface area contributed by atoms with Crippen LogP contribution in [0.25, 0.3) is 0 Å². The van der Waals surface area contributed by atoms with Crippen LogP contribution in [0.15, 0.2) is 35.9 Å². The predicted octanol–water partition coefficient (Wildman–Crippen LogP) is 3.34. The second-order valence-corrected chi connectivity index (χ2v) is 5.50. The Morgan fingerprint density at radius 3 is 2.74 bits per heavy atom. The molecule has 0 unspecified atom stereocenters. The molecule has 19 heavy (non-hydrogen) atoms. The molecule has 2 nitrogen and oxygen atoms in total. The lowest BCUT2D eigenvalue weighted by molar-refractivity contribution is 0.281. The van der Waals surface area contributed by atoms with Gasteiger partial charge >= 0.3 is 0 Å². The summed E-state index contributed by atoms with van der Waals surface area (Å²) in [4.78, 5) is 2.55. The molecule has 104 valence electrons. The molecule has 0 atom stereocenters. The lowest BCUT2D eigenvalue weighted by Crippen LogP contribution is -2.29. The van der Waals surface area contributed by atoms with Crippen LogP contribution in [0, 0.1) is 0 Å². The van der Waals surface area contributed by atoms with Gasteiger partial charge in [-0.25, -0.2) is 0 Å². The van der Waals surface area contributed by atoms with Crippen molar-refractivity contribution in [1.82, 2.24) is 10.2 Å². The molecule has 0 amide bonds. The Morgan fingerprint density at radius 2 is 2.00 bits per heavy atom. The average Bonchev–Trinajstić information content (AvgIpc) is 2.41. The van der Waals surface area contributed by atoms with Crippen LogP contribution >= 0.6 is 0 Å². The molecule has 1 aliphatic heterocycles. The Hall–Kier alpha value is -1.12. The fourth-order valence-corrected chi connectivity index (χ4v) is 2.65. The van der Waals surface area contributed by atoms with Crippen LogP contribution in [0.5, 0.6) is 0 Å². The second kappa shape index (κ2) is 7.46. The molecule has 0 saturated carbocycles. The summed E-state index contributed by atoms with van der Waals surface area (Å²) in [5.41, 5.74) is 4.43. The van der Waals surface area contributed by atoms with E-state index in [1.54, 1.807) is 0 Å². The van der Waals surface area contributed by atoms with E-state index in [1.165, 1.54) is 36.1 Å². The van der Waals surface area contributed by atoms with Gasteiger partial charge in [-0.3, -0.25) is 4.90 Å². The molecule has 0 aliphatic carbocycles. The van der Waals surface area contributed by atoms with Gasteiger partial charge in [-0.2, -0.15) is 0 Å². The summed E-state index contributed by atoms with van der Waals surface area (Å²) in [6.07, 6.45) is 4.76. The Morgan fingerprint density at radius 1 is 1.21 bits per heavy atom. The van der Waals surface area contributed by atoms with Crippen LogP contribution in [0.1, 0.15) is 37.8 Å². The molecule has 2 heteroatoms. The molecule has 0 radical (unpaired) electrons. The first kappa shape index (κ1) is 14.3. The number of rotatable bonds is 6. The van der Waals surface area contributed by atoms with Gasteiger partial charge in [-0.1, -0.05) is 42.8 Å². The van der Waals surface area contributed by atoms with Gasteiger partial charge in [0.2, 0.25) is 0 Å². The minimum atomic E-state index is 0.993. The van der Waals surface area contributed by atoms with Gasteiger partial charge in [0, 0.05) is 26.2 Å². The molecule has 1 aromatic carbocycles. The third-order valence-electron chi connectivity index (χ3n) is 3.67. The van der Waals surface area contributed by atoms with E-state index in [2.05, 4.69) is 54.4 Å². The number of hydrogen-bond donors (Lipinski definition) is 1. The van der Waals surface area contributed by atoms with E-state index < -0.39 is 0 Å². The first-order valence-electron chi connectivity index (χ1n) is 7.45. The molecule has 0 bridgehead atoms. The van der Waals surface area contributed by atoms with E-state index in [0.29, 0.717) is 0 Å². The van der Waals surface area contributed by atoms with Gasteiger partial charge in [-0.15, -0.1) is 0 Å². The molecule has 1 aliphatic rings. The van der Waals surface area contributed by atoms with Crippen molar-refractivity contribution in [2.45, 2.75) is 39.8 Å². The zero-order chi connectivity index (χ0) is 13.5. The summed E-state index contributed by atoms with van der Waals surface area (Å²) < 4.78 is 0. The lowest BCUT2D eigenvalue weighted by Gasteiger charge is -2.27. The Labute approximate surface area is 117 Å². The highest BCUT2D eigenvalue weighted by Gasteiger charge is 2.11. The Kier molecular flexibility index (Phi) is 5.62. The molecule has 0 fully saturated rings. The smallest absolute Gasteiger partial charge is 0.0240 e. The SMILES string of the molecule is CCCNCc1ccccc1CN1CCC=C(C)C1. The van der Waals surface area contributed by atoms with E-state index in [-0.39, 0.29) is 0 Å². The summed E-state index contributed by atoms with van der Waals surface area (Å²) in [5, 5.41) is 3.51. The monoisotopic (exact) mass is 258 g/mol. The Bertz CT molecular complexity index is 423. The molecule has 2 rings (SSSR count). The van der Waals surface area contributed by atoms with Crippen LogP contribution in [0.4, 0.5) is 0 Å². The van der Waals surface area contributed by atoms with Crippen molar-refractivity contribution in [1.29, 1.82) is 0 Å². The second-order valence-electron chi connectivity index (χ2n) is 5.50. The fourth-order valence-electron chi connectivity index (χ4n) is 2.65. The summed E-state index contributed by atoms with van der Waals surface area (Å²) >= 11 is 0. The molecule has 1 aromatic rings. The maximum Gasteiger partial charge on any atom is 0.0240 e. The highest BCUT2D eigenvalue weighted by molar-refractivity contribution is 5.27. The van der Waals surface area contributed by atoms with Crippen molar-refractivity contribution < 1.29 is 0 Å². The molecular weight excluding hydrogens is 232 g/mol. The van der Waals surface area contributed by atoms with Crippen LogP contribution in [0.3, 0.4) is 0 Å². The number of nitrogens with zero attached hydrogens (tertiary/aromatic N) is 1. The predicted molar refractivity (Wildman–Crippen MR) is 82.1 cm³/mol. The number of nitrogens with one attached hydrogen (secondary N) is 1. The highest BCUT2D eigenvalue weighted by atomic mass is 15.1. The third-order valence-corrected chi connectivity index (χ3v) is 3.67. The highest BCUT2D eigenvalue weighted by Crippen LogP contribution is 2.16. The maximum absolute atomic E-state index is 3.51. The van der Waals surface area contributed by atoms with Crippen molar-refractivity contribution in [3.05, 3.63) is 47.0 Å². The summed E-state index contributed by atoms with van der Waals surface area (Å²) in [6, 6.07) is 8.83. The fraction of sp³-hybridized carbons (Fsp3) is 0.529. The van der Waals surface area contributed by atoms with Gasteiger partial charge in [0.05, 0.1) is 0 Å². The molecule has 0 spiro atoms. The van der Waals surface area contributed by atoms with E-state index in [0.717, 1.165) is 26.2 Å². The standard InChI is InChI=1S/C17H26N2/c1-3-10-18-12-16-8-4-5-9-17(16)14-19-11-6-7-15(2)13-19/h4-5,7-9,18H,3,6,10-14H2,1-2H3. The normalized spacial score (nSPS) is 16.4. The molecule has 0 saturated heterocycles. The van der Waals surface area contributed by atoms with Gasteiger partial charge < -0.3 is 5.32 Å². The summed E-state index contributed by atoms with van der Waals surface area (Å²) in [6.45, 7) is 9.93. The zero-order valence-electron chi connectivity index (χ0n) is 12.3. The topological polar surface area (TPSA) is 15.3 Å². The summed E-state index contributed by atoms with van der Waals surface area (Å²) in [7, 11) is 0. The van der Waals surface area contributed by atoms with Crippen molar-refractivity contribution >= 4 is 0 Å². The van der Waals surface area contributed by atoms with Crippen LogP contribution in [-0.2, 0) is 13.1 Å². The molecule has 1 heterocycles. The summed E-state index contributed by atoms with van der Waals surface area (Å²) in [5.74, 6) is 0. The Balaban J connectivity index is 1.97. The van der Waals surface area contributed by atoms with E-state index >= 15 is 0 Å². The van der Waals surface area contributed by atoms with Crippen LogP contribution < -0.4 is 5.32 Å². The van der Waals surface area contributed by atoms with E-state index in [4.69, 9.17) is 0 Å². The molecular formula is C17H26N2. The number of benzene rings is 1. The van der Waals surface area contributed by atoms with Crippen molar-refractivity contribution in [3.63, 3.8) is 0 Å². The van der Waals surface area contributed by atoms with Gasteiger partial charge in [-0.05, 0) is 37.4 Å². The molecule has 0 aromatic heterocycles. The van der Waals surface area contributed by atoms with E-state index in [9.17, 15) is 0 Å². The van der Waals surface area contributed by atoms with Gasteiger partial charge in [0.25, 0.3) is 0 Å². The molecule has 1 N–H and O–H groups in total. The third kappa shape index (κ3) is 4.48. The lowest BCUT2D eigenvalue weighted by atomic mass is 10.0. The largest absolute Gasteiger partial charge is 0.313 e. The van der Waals surface area contributed by atoms with Crippen molar-refractivity contribution in [3.8, 4) is 0 Å². The van der Waals surface area contributed by atoms with E-state index in [1.807, 2.05) is 0 Å². The van der Waals surface area contributed by atoms with Crippen molar-refractivity contribution in [2.24, 2.45) is 0 Å². The van der Waals surface area contributed by atoms with Gasteiger partial charge in [0.1, 0.15) is 0 Å². The minimum absolute atomic E-state index is 0.993. The van der Waals surface area contributed by atoms with Crippen molar-refractivity contribution in [2.75, 3.05) is 19.6 Å². The van der Waals surface area contributed by atoms with Crippen LogP contribution in [0.2, 0.25) is 0 Å². The number of hydrogen-bond acceptors (Lipinski definition) is 2. The maximum atomic E-state index is 3.51.